The average molecular weight is 340 g/mol. The first kappa shape index (κ1) is 17.2. The Morgan fingerprint density at radius 1 is 1.20 bits per heavy atom. The summed E-state index contributed by atoms with van der Waals surface area (Å²) < 4.78 is 5.34. The Kier molecular flexibility index (Phi) is 5.82. The van der Waals surface area contributed by atoms with Gasteiger partial charge in [0.05, 0.1) is 19.5 Å². The van der Waals surface area contributed by atoms with E-state index < -0.39 is 0 Å². The highest BCUT2D eigenvalue weighted by Gasteiger charge is 2.18. The SMILES string of the molecule is COc1ccccc1CCNc1cnc(C(=O)NC2CCCC2)cn1. The number of carbonyl (C=O) groups excluding carboxylic acids is 1. The highest BCUT2D eigenvalue weighted by molar-refractivity contribution is 5.92. The number of nitrogens with zero attached hydrogens (tertiary/aromatic N) is 2. The third kappa shape index (κ3) is 4.68. The van der Waals surface area contributed by atoms with Crippen LogP contribution >= 0.6 is 0 Å². The highest BCUT2D eigenvalue weighted by Crippen LogP contribution is 2.18. The highest BCUT2D eigenvalue weighted by atomic mass is 16.5. The fourth-order valence-corrected chi connectivity index (χ4v) is 3.10. The van der Waals surface area contributed by atoms with Crippen LogP contribution in [0.3, 0.4) is 0 Å². The summed E-state index contributed by atoms with van der Waals surface area (Å²) >= 11 is 0. The number of rotatable bonds is 7. The molecule has 0 spiro atoms. The lowest BCUT2D eigenvalue weighted by Crippen LogP contribution is -2.33. The maximum absolute atomic E-state index is 12.1. The quantitative estimate of drug-likeness (QED) is 0.810. The maximum Gasteiger partial charge on any atom is 0.271 e. The summed E-state index contributed by atoms with van der Waals surface area (Å²) in [6.45, 7) is 0.711. The minimum Gasteiger partial charge on any atom is -0.496 e. The van der Waals surface area contributed by atoms with Gasteiger partial charge in [-0.3, -0.25) is 4.79 Å². The van der Waals surface area contributed by atoms with E-state index in [2.05, 4.69) is 20.6 Å². The minimum atomic E-state index is -0.139. The number of benzene rings is 1. The van der Waals surface area contributed by atoms with Crippen LogP contribution in [-0.4, -0.2) is 35.6 Å². The van der Waals surface area contributed by atoms with Crippen molar-refractivity contribution in [1.82, 2.24) is 15.3 Å². The average Bonchev–Trinajstić information content (AvgIpc) is 3.15. The molecule has 2 aromatic rings. The maximum atomic E-state index is 12.1. The van der Waals surface area contributed by atoms with Crippen LogP contribution in [0.4, 0.5) is 5.82 Å². The zero-order valence-corrected chi connectivity index (χ0v) is 14.5. The molecule has 6 heteroatoms. The molecule has 0 saturated heterocycles. The monoisotopic (exact) mass is 340 g/mol. The van der Waals surface area contributed by atoms with Gasteiger partial charge in [-0.05, 0) is 30.9 Å². The lowest BCUT2D eigenvalue weighted by molar-refractivity contribution is 0.0932. The number of hydrogen-bond acceptors (Lipinski definition) is 5. The minimum absolute atomic E-state index is 0.139. The van der Waals surface area contributed by atoms with E-state index in [1.165, 1.54) is 19.0 Å². The molecule has 2 N–H and O–H groups in total. The van der Waals surface area contributed by atoms with Gasteiger partial charge in [-0.15, -0.1) is 0 Å². The predicted octanol–water partition coefficient (Wildman–Crippen LogP) is 2.81. The van der Waals surface area contributed by atoms with Gasteiger partial charge in [-0.1, -0.05) is 31.0 Å². The van der Waals surface area contributed by atoms with Gasteiger partial charge in [-0.2, -0.15) is 0 Å². The van der Waals surface area contributed by atoms with Crippen LogP contribution in [0.5, 0.6) is 5.75 Å². The lowest BCUT2D eigenvalue weighted by atomic mass is 10.1. The number of hydrogen-bond donors (Lipinski definition) is 2. The summed E-state index contributed by atoms with van der Waals surface area (Å²) in [6.07, 6.45) is 8.43. The van der Waals surface area contributed by atoms with Crippen LogP contribution in [0.15, 0.2) is 36.7 Å². The van der Waals surface area contributed by atoms with Crippen LogP contribution in [0.1, 0.15) is 41.7 Å². The van der Waals surface area contributed by atoms with Gasteiger partial charge in [-0.25, -0.2) is 9.97 Å². The number of ether oxygens (including phenoxy) is 1. The molecule has 0 radical (unpaired) electrons. The van der Waals surface area contributed by atoms with Gasteiger partial charge in [0.25, 0.3) is 5.91 Å². The van der Waals surface area contributed by atoms with Crippen molar-refractivity contribution in [2.75, 3.05) is 19.0 Å². The predicted molar refractivity (Wildman–Crippen MR) is 96.9 cm³/mol. The lowest BCUT2D eigenvalue weighted by Gasteiger charge is -2.11. The van der Waals surface area contributed by atoms with Crippen LogP contribution in [0.2, 0.25) is 0 Å². The summed E-state index contributed by atoms with van der Waals surface area (Å²) in [7, 11) is 1.67. The molecule has 1 saturated carbocycles. The van der Waals surface area contributed by atoms with Crippen molar-refractivity contribution in [1.29, 1.82) is 0 Å². The first-order valence-electron chi connectivity index (χ1n) is 8.75. The first-order chi connectivity index (χ1) is 12.3. The number of para-hydroxylation sites is 1. The summed E-state index contributed by atoms with van der Waals surface area (Å²) in [4.78, 5) is 20.6. The Labute approximate surface area is 148 Å². The number of amides is 1. The van der Waals surface area contributed by atoms with Gasteiger partial charge in [0, 0.05) is 12.6 Å². The van der Waals surface area contributed by atoms with Gasteiger partial charge < -0.3 is 15.4 Å². The van der Waals surface area contributed by atoms with E-state index in [9.17, 15) is 4.79 Å². The fourth-order valence-electron chi connectivity index (χ4n) is 3.10. The Hall–Kier alpha value is -2.63. The van der Waals surface area contributed by atoms with Crippen LogP contribution < -0.4 is 15.4 Å². The molecule has 1 heterocycles. The summed E-state index contributed by atoms with van der Waals surface area (Å²) in [5, 5.41) is 6.24. The number of nitrogens with one attached hydrogen (secondary N) is 2. The molecule has 0 aliphatic heterocycles. The molecule has 6 nitrogen and oxygen atoms in total. The third-order valence-corrected chi connectivity index (χ3v) is 4.47. The Morgan fingerprint density at radius 2 is 2.00 bits per heavy atom. The second-order valence-electron chi connectivity index (χ2n) is 6.23. The van der Waals surface area contributed by atoms with Crippen molar-refractivity contribution in [3.05, 3.63) is 47.9 Å². The summed E-state index contributed by atoms with van der Waals surface area (Å²) in [6, 6.07) is 8.23. The molecule has 0 unspecified atom stereocenters. The van der Waals surface area contributed by atoms with Crippen molar-refractivity contribution >= 4 is 11.7 Å². The molecule has 1 aromatic heterocycles. The standard InChI is InChI=1S/C19H24N4O2/c1-25-17-9-5-2-6-14(17)10-11-20-18-13-21-16(12-22-18)19(24)23-15-7-3-4-8-15/h2,5-6,9,12-13,15H,3-4,7-8,10-11H2,1H3,(H,20,22)(H,23,24). The molecule has 1 aromatic carbocycles. The largest absolute Gasteiger partial charge is 0.496 e. The Bertz CT molecular complexity index is 697. The summed E-state index contributed by atoms with van der Waals surface area (Å²) in [5.41, 5.74) is 1.50. The topological polar surface area (TPSA) is 76.1 Å². The number of methoxy groups -OCH3 is 1. The first-order valence-corrected chi connectivity index (χ1v) is 8.75. The van der Waals surface area contributed by atoms with Crippen molar-refractivity contribution in [3.8, 4) is 5.75 Å². The van der Waals surface area contributed by atoms with E-state index in [1.807, 2.05) is 24.3 Å². The van der Waals surface area contributed by atoms with E-state index in [-0.39, 0.29) is 11.9 Å². The molecular formula is C19H24N4O2. The second kappa shape index (κ2) is 8.46. The zero-order valence-electron chi connectivity index (χ0n) is 14.5. The third-order valence-electron chi connectivity index (χ3n) is 4.47. The molecule has 1 amide bonds. The molecule has 25 heavy (non-hydrogen) atoms. The molecule has 1 aliphatic rings. The Morgan fingerprint density at radius 3 is 2.72 bits per heavy atom. The fraction of sp³-hybridized carbons (Fsp3) is 0.421. The molecule has 0 atom stereocenters. The second-order valence-corrected chi connectivity index (χ2v) is 6.23. The smallest absolute Gasteiger partial charge is 0.271 e. The molecule has 0 bridgehead atoms. The van der Waals surface area contributed by atoms with Gasteiger partial charge in [0.15, 0.2) is 0 Å². The van der Waals surface area contributed by atoms with Gasteiger partial charge in [0.1, 0.15) is 17.3 Å². The molecule has 1 fully saturated rings. The number of carbonyl (C=O) groups is 1. The molecular weight excluding hydrogens is 316 g/mol. The van der Waals surface area contributed by atoms with E-state index >= 15 is 0 Å². The molecule has 3 rings (SSSR count). The molecule has 132 valence electrons. The molecule has 1 aliphatic carbocycles. The van der Waals surface area contributed by atoms with E-state index in [1.54, 1.807) is 13.3 Å². The van der Waals surface area contributed by atoms with Crippen LogP contribution in [0.25, 0.3) is 0 Å². The van der Waals surface area contributed by atoms with E-state index in [0.29, 0.717) is 18.1 Å². The van der Waals surface area contributed by atoms with E-state index in [4.69, 9.17) is 4.74 Å². The van der Waals surface area contributed by atoms with Gasteiger partial charge >= 0.3 is 0 Å². The number of anilines is 1. The Balaban J connectivity index is 1.49. The van der Waals surface area contributed by atoms with Crippen molar-refractivity contribution in [2.24, 2.45) is 0 Å². The van der Waals surface area contributed by atoms with Crippen molar-refractivity contribution < 1.29 is 9.53 Å². The van der Waals surface area contributed by atoms with Crippen LogP contribution in [0, 0.1) is 0 Å². The summed E-state index contributed by atoms with van der Waals surface area (Å²) in [5.74, 6) is 1.40. The van der Waals surface area contributed by atoms with E-state index in [0.717, 1.165) is 30.6 Å². The van der Waals surface area contributed by atoms with Crippen molar-refractivity contribution in [3.63, 3.8) is 0 Å². The van der Waals surface area contributed by atoms with Crippen molar-refractivity contribution in [2.45, 2.75) is 38.1 Å². The number of aromatic nitrogens is 2. The zero-order chi connectivity index (χ0) is 17.5. The normalized spacial score (nSPS) is 14.3. The van der Waals surface area contributed by atoms with Crippen LogP contribution in [-0.2, 0) is 6.42 Å². The van der Waals surface area contributed by atoms with Gasteiger partial charge in [0.2, 0.25) is 0 Å².